The first-order valence-corrected chi connectivity index (χ1v) is 9.10. The van der Waals surface area contributed by atoms with Gasteiger partial charge in [0.15, 0.2) is 5.75 Å². The third-order valence-corrected chi connectivity index (χ3v) is 5.29. The molecule has 4 rings (SSSR count). The molecule has 0 atom stereocenters. The fourth-order valence-electron chi connectivity index (χ4n) is 2.81. The summed E-state index contributed by atoms with van der Waals surface area (Å²) in [5.41, 5.74) is 2.05. The maximum Gasteiger partial charge on any atom is 0.339 e. The van der Waals surface area contributed by atoms with Gasteiger partial charge < -0.3 is 4.18 Å². The second-order valence-electron chi connectivity index (χ2n) is 5.65. The van der Waals surface area contributed by atoms with E-state index in [0.29, 0.717) is 16.4 Å². The number of para-hydroxylation sites is 1. The number of hydrogen-bond acceptors (Lipinski definition) is 5. The Balaban J connectivity index is 1.87. The van der Waals surface area contributed by atoms with E-state index >= 15 is 0 Å². The number of rotatable bonds is 3. The van der Waals surface area contributed by atoms with Gasteiger partial charge in [-0.05, 0) is 42.8 Å². The molecule has 0 N–H and O–H groups in total. The topological polar surface area (TPSA) is 69.2 Å². The first kappa shape index (κ1) is 15.5. The van der Waals surface area contributed by atoms with Crippen LogP contribution in [0.15, 0.2) is 71.9 Å². The minimum Gasteiger partial charge on any atom is -0.377 e. The van der Waals surface area contributed by atoms with Crippen LogP contribution >= 0.6 is 0 Å². The maximum absolute atomic E-state index is 12.9. The van der Waals surface area contributed by atoms with Crippen molar-refractivity contribution in [3.63, 3.8) is 0 Å². The molecule has 6 heteroatoms. The zero-order valence-electron chi connectivity index (χ0n) is 13.4. The molecular formula is C19H14N2O3S. The third kappa shape index (κ3) is 2.70. The van der Waals surface area contributed by atoms with E-state index in [2.05, 4.69) is 9.97 Å². The molecule has 0 saturated heterocycles. The summed E-state index contributed by atoms with van der Waals surface area (Å²) in [4.78, 5) is 8.60. The SMILES string of the molecule is Cc1ccc(S(=O)(=O)Oc2cccc3cccnc23)c2cccnc12. The zero-order valence-corrected chi connectivity index (χ0v) is 14.2. The van der Waals surface area contributed by atoms with E-state index in [4.69, 9.17) is 4.18 Å². The number of hydrogen-bond donors (Lipinski definition) is 0. The average molecular weight is 350 g/mol. The van der Waals surface area contributed by atoms with E-state index in [9.17, 15) is 8.42 Å². The second-order valence-corrected chi connectivity index (χ2v) is 7.16. The van der Waals surface area contributed by atoms with Gasteiger partial charge in [-0.1, -0.05) is 24.3 Å². The molecule has 0 spiro atoms. The number of aromatic nitrogens is 2. The van der Waals surface area contributed by atoms with Crippen LogP contribution in [0.3, 0.4) is 0 Å². The van der Waals surface area contributed by atoms with E-state index in [1.807, 2.05) is 19.1 Å². The summed E-state index contributed by atoms with van der Waals surface area (Å²) < 4.78 is 31.2. The predicted molar refractivity (Wildman–Crippen MR) is 96.0 cm³/mol. The van der Waals surface area contributed by atoms with E-state index in [0.717, 1.165) is 10.9 Å². The van der Waals surface area contributed by atoms with Crippen LogP contribution in [0.4, 0.5) is 0 Å². The van der Waals surface area contributed by atoms with Gasteiger partial charge in [-0.25, -0.2) is 0 Å². The number of benzene rings is 2. The molecule has 0 radical (unpaired) electrons. The lowest BCUT2D eigenvalue weighted by Crippen LogP contribution is -2.11. The summed E-state index contributed by atoms with van der Waals surface area (Å²) in [7, 11) is -4.03. The Morgan fingerprint density at radius 3 is 2.40 bits per heavy atom. The molecule has 25 heavy (non-hydrogen) atoms. The van der Waals surface area contributed by atoms with Gasteiger partial charge in [-0.3, -0.25) is 9.97 Å². The summed E-state index contributed by atoms with van der Waals surface area (Å²) in [6.07, 6.45) is 3.24. The summed E-state index contributed by atoms with van der Waals surface area (Å²) in [5.74, 6) is 0.204. The van der Waals surface area contributed by atoms with Gasteiger partial charge in [0.05, 0.1) is 5.52 Å². The van der Waals surface area contributed by atoms with E-state index < -0.39 is 10.1 Å². The van der Waals surface area contributed by atoms with Crippen molar-refractivity contribution in [1.82, 2.24) is 9.97 Å². The first-order chi connectivity index (χ1) is 12.1. The van der Waals surface area contributed by atoms with Crippen LogP contribution in [0.5, 0.6) is 5.75 Å². The molecule has 0 aliphatic carbocycles. The van der Waals surface area contributed by atoms with Crippen molar-refractivity contribution in [2.45, 2.75) is 11.8 Å². The fraction of sp³-hybridized carbons (Fsp3) is 0.0526. The smallest absolute Gasteiger partial charge is 0.339 e. The quantitative estimate of drug-likeness (QED) is 0.525. The molecule has 0 amide bonds. The Labute approximate surface area is 145 Å². The molecular weight excluding hydrogens is 336 g/mol. The van der Waals surface area contributed by atoms with Gasteiger partial charge in [-0.2, -0.15) is 8.42 Å². The summed E-state index contributed by atoms with van der Waals surface area (Å²) in [6.45, 7) is 1.89. The molecule has 0 aliphatic heterocycles. The molecule has 0 aliphatic rings. The Morgan fingerprint density at radius 2 is 1.56 bits per heavy atom. The van der Waals surface area contributed by atoms with Crippen molar-refractivity contribution in [3.8, 4) is 5.75 Å². The molecule has 0 fully saturated rings. The number of fused-ring (bicyclic) bond motifs is 2. The molecule has 5 nitrogen and oxygen atoms in total. The van der Waals surface area contributed by atoms with Gasteiger partial charge in [0.1, 0.15) is 10.4 Å². The second kappa shape index (κ2) is 5.82. The highest BCUT2D eigenvalue weighted by atomic mass is 32.2. The van der Waals surface area contributed by atoms with Crippen molar-refractivity contribution in [1.29, 1.82) is 0 Å². The predicted octanol–water partition coefficient (Wildman–Crippen LogP) is 3.86. The normalized spacial score (nSPS) is 11.7. The van der Waals surface area contributed by atoms with Crippen molar-refractivity contribution >= 4 is 31.9 Å². The van der Waals surface area contributed by atoms with Gasteiger partial charge in [0.2, 0.25) is 0 Å². The maximum atomic E-state index is 12.9. The summed E-state index contributed by atoms with van der Waals surface area (Å²) in [6, 6.07) is 15.6. The third-order valence-electron chi connectivity index (χ3n) is 4.00. The van der Waals surface area contributed by atoms with Crippen LogP contribution < -0.4 is 4.18 Å². The van der Waals surface area contributed by atoms with Crippen LogP contribution in [0.1, 0.15) is 5.56 Å². The van der Waals surface area contributed by atoms with Crippen LogP contribution in [0.25, 0.3) is 21.8 Å². The van der Waals surface area contributed by atoms with E-state index in [-0.39, 0.29) is 10.6 Å². The molecule has 0 unspecified atom stereocenters. The molecule has 0 saturated carbocycles. The molecule has 124 valence electrons. The minimum atomic E-state index is -4.03. The van der Waals surface area contributed by atoms with E-state index in [1.165, 1.54) is 0 Å². The van der Waals surface area contributed by atoms with Crippen molar-refractivity contribution in [3.05, 3.63) is 72.6 Å². The molecule has 4 aromatic rings. The average Bonchev–Trinajstić information content (AvgIpc) is 2.62. The lowest BCUT2D eigenvalue weighted by Gasteiger charge is -2.11. The molecule has 0 bridgehead atoms. The highest BCUT2D eigenvalue weighted by Crippen LogP contribution is 2.29. The van der Waals surface area contributed by atoms with Crippen LogP contribution in [-0.4, -0.2) is 18.4 Å². The molecule has 2 aromatic carbocycles. The molecule has 2 aromatic heterocycles. The van der Waals surface area contributed by atoms with E-state index in [1.54, 1.807) is 54.9 Å². The van der Waals surface area contributed by atoms with Gasteiger partial charge in [0, 0.05) is 23.2 Å². The number of aryl methyl sites for hydroxylation is 1. The van der Waals surface area contributed by atoms with Gasteiger partial charge in [-0.15, -0.1) is 0 Å². The molecule has 2 heterocycles. The zero-order chi connectivity index (χ0) is 17.4. The van der Waals surface area contributed by atoms with Crippen molar-refractivity contribution in [2.75, 3.05) is 0 Å². The Hall–Kier alpha value is -2.99. The largest absolute Gasteiger partial charge is 0.377 e. The van der Waals surface area contributed by atoms with Crippen molar-refractivity contribution < 1.29 is 12.6 Å². The Bertz CT molecular complexity index is 1200. The fourth-order valence-corrected chi connectivity index (χ4v) is 3.94. The number of nitrogens with zero attached hydrogens (tertiary/aromatic N) is 2. The van der Waals surface area contributed by atoms with Crippen molar-refractivity contribution in [2.24, 2.45) is 0 Å². The van der Waals surface area contributed by atoms with Gasteiger partial charge in [0.25, 0.3) is 0 Å². The highest BCUT2D eigenvalue weighted by Gasteiger charge is 2.22. The highest BCUT2D eigenvalue weighted by molar-refractivity contribution is 7.87. The summed E-state index contributed by atoms with van der Waals surface area (Å²) >= 11 is 0. The summed E-state index contributed by atoms with van der Waals surface area (Å²) in [5, 5.41) is 1.35. The van der Waals surface area contributed by atoms with Crippen LogP contribution in [0, 0.1) is 6.92 Å². The van der Waals surface area contributed by atoms with Crippen LogP contribution in [-0.2, 0) is 10.1 Å². The Kier molecular flexibility index (Phi) is 3.62. The number of pyridine rings is 2. The minimum absolute atomic E-state index is 0.0918. The first-order valence-electron chi connectivity index (χ1n) is 7.69. The monoisotopic (exact) mass is 350 g/mol. The van der Waals surface area contributed by atoms with Crippen LogP contribution in [0.2, 0.25) is 0 Å². The Morgan fingerprint density at radius 1 is 0.840 bits per heavy atom. The lowest BCUT2D eigenvalue weighted by molar-refractivity contribution is 0.489. The standard InChI is InChI=1S/C19H14N2O3S/c1-13-9-10-17(15-7-4-12-20-18(13)15)25(22,23)24-16-8-2-5-14-6-3-11-21-19(14)16/h2-12H,1H3. The lowest BCUT2D eigenvalue weighted by atomic mass is 10.1. The van der Waals surface area contributed by atoms with Gasteiger partial charge >= 0.3 is 10.1 Å².